The van der Waals surface area contributed by atoms with Crippen LogP contribution in [-0.4, -0.2) is 95.3 Å². The molecule has 0 N–H and O–H groups in total. The molecule has 1 aliphatic rings. The van der Waals surface area contributed by atoms with Crippen molar-refractivity contribution in [1.82, 2.24) is 18.7 Å². The van der Waals surface area contributed by atoms with Crippen LogP contribution in [-0.2, 0) is 0 Å². The predicted molar refractivity (Wildman–Crippen MR) is 115 cm³/mol. The molecular formula is C14H34N4P2S2. The van der Waals surface area contributed by atoms with Crippen LogP contribution < -0.4 is 0 Å². The van der Waals surface area contributed by atoms with Crippen molar-refractivity contribution < 1.29 is 0 Å². The van der Waals surface area contributed by atoms with Gasteiger partial charge in [0.15, 0.2) is 0 Å². The molecule has 8 heteroatoms. The Labute approximate surface area is 147 Å². The van der Waals surface area contributed by atoms with Gasteiger partial charge in [0, 0.05) is 0 Å². The summed E-state index contributed by atoms with van der Waals surface area (Å²) < 4.78 is 13.5. The molecular weight excluding hydrogens is 350 g/mol. The van der Waals surface area contributed by atoms with Gasteiger partial charge in [0.25, 0.3) is 0 Å². The first-order chi connectivity index (χ1) is 10.2. The molecule has 132 valence electrons. The molecule has 1 heterocycles. The third kappa shape index (κ3) is 2.82. The lowest BCUT2D eigenvalue weighted by atomic mass is 11.0. The van der Waals surface area contributed by atoms with E-state index in [1.54, 1.807) is 8.73 Å². The molecule has 0 aromatic heterocycles. The van der Waals surface area contributed by atoms with E-state index < -0.39 is 14.4 Å². The summed E-state index contributed by atoms with van der Waals surface area (Å²) in [4.78, 5) is 0. The van der Waals surface area contributed by atoms with E-state index in [9.17, 15) is 0 Å². The van der Waals surface area contributed by atoms with Crippen molar-refractivity contribution in [2.75, 3.05) is 67.9 Å². The van der Waals surface area contributed by atoms with Crippen LogP contribution in [0.1, 0.15) is 13.8 Å². The van der Waals surface area contributed by atoms with E-state index in [-0.39, 0.29) is 0 Å². The van der Waals surface area contributed by atoms with Crippen LogP contribution in [0.25, 0.3) is 0 Å². The number of hydrogen-bond donors (Lipinski definition) is 0. The third-order valence-electron chi connectivity index (χ3n) is 3.93. The first-order valence-corrected chi connectivity index (χ1v) is 13.0. The van der Waals surface area contributed by atoms with Gasteiger partial charge in [0.2, 0.25) is 0 Å². The Hall–Kier alpha value is 1.14. The summed E-state index contributed by atoms with van der Waals surface area (Å²) in [5.41, 5.74) is 0. The van der Waals surface area contributed by atoms with Gasteiger partial charge in [-0.15, -0.1) is 23.5 Å². The van der Waals surface area contributed by atoms with Crippen molar-refractivity contribution in [1.29, 1.82) is 0 Å². The maximum Gasteiger partial charge on any atom is 0.0688 e. The summed E-state index contributed by atoms with van der Waals surface area (Å²) in [6, 6.07) is 0. The summed E-state index contributed by atoms with van der Waals surface area (Å²) >= 11 is 4.18. The Bertz CT molecular complexity index is 426. The summed E-state index contributed by atoms with van der Waals surface area (Å²) in [6.07, 6.45) is 0. The van der Waals surface area contributed by atoms with Crippen molar-refractivity contribution in [3.05, 3.63) is 0 Å². The van der Waals surface area contributed by atoms with Crippen LogP contribution in [0.2, 0.25) is 0 Å². The highest BCUT2D eigenvalue weighted by Gasteiger charge is 2.53. The van der Waals surface area contributed by atoms with E-state index in [0.717, 1.165) is 11.5 Å². The summed E-state index contributed by atoms with van der Waals surface area (Å²) in [5.74, 6) is 2.29. The van der Waals surface area contributed by atoms with E-state index in [1.165, 1.54) is 0 Å². The second-order valence-corrected chi connectivity index (χ2v) is 17.9. The molecule has 1 aliphatic heterocycles. The maximum atomic E-state index is 2.51. The molecule has 0 aromatic rings. The van der Waals surface area contributed by atoms with Crippen LogP contribution in [0, 0.1) is 0 Å². The van der Waals surface area contributed by atoms with Gasteiger partial charge in [-0.05, 0) is 67.9 Å². The largest absolute Gasteiger partial charge is 0.273 e. The zero-order valence-electron chi connectivity index (χ0n) is 15.9. The van der Waals surface area contributed by atoms with Gasteiger partial charge in [-0.25, -0.2) is 0 Å². The van der Waals surface area contributed by atoms with Gasteiger partial charge < -0.3 is 0 Å². The monoisotopic (exact) mass is 384 g/mol. The van der Waals surface area contributed by atoms with Crippen LogP contribution in [0.4, 0.5) is 0 Å². The molecule has 0 aromatic carbocycles. The fourth-order valence-electron chi connectivity index (χ4n) is 3.21. The predicted octanol–water partition coefficient (Wildman–Crippen LogP) is 3.62. The van der Waals surface area contributed by atoms with Crippen molar-refractivity contribution >= 4 is 46.6 Å². The normalized spacial score (nSPS) is 20.5. The van der Waals surface area contributed by atoms with E-state index in [1.807, 2.05) is 0 Å². The molecule has 0 saturated heterocycles. The first kappa shape index (κ1) is 21.2. The lowest BCUT2D eigenvalue weighted by Crippen LogP contribution is -2.43. The fourth-order valence-corrected chi connectivity index (χ4v) is 26.7. The summed E-state index contributed by atoms with van der Waals surface area (Å²) in [6.45, 7) is 4.56. The smallest absolute Gasteiger partial charge is 0.0688 e. The molecule has 0 aliphatic carbocycles. The van der Waals surface area contributed by atoms with E-state index in [2.05, 4.69) is 112 Å². The summed E-state index contributed by atoms with van der Waals surface area (Å²) in [7, 11) is 15.1. The molecule has 0 fully saturated rings. The Kier molecular flexibility index (Phi) is 7.72. The Morgan fingerprint density at radius 2 is 0.818 bits per heavy atom. The van der Waals surface area contributed by atoms with Gasteiger partial charge in [0.05, 0.1) is 23.1 Å². The molecule has 0 spiro atoms. The third-order valence-corrected chi connectivity index (χ3v) is 19.7. The van der Waals surface area contributed by atoms with Gasteiger partial charge >= 0.3 is 0 Å². The van der Waals surface area contributed by atoms with Gasteiger partial charge in [-0.1, -0.05) is 13.8 Å². The van der Waals surface area contributed by atoms with E-state index >= 15 is 0 Å². The minimum Gasteiger partial charge on any atom is -0.273 e. The second kappa shape index (κ2) is 8.01. The zero-order chi connectivity index (χ0) is 17.3. The van der Waals surface area contributed by atoms with Crippen molar-refractivity contribution in [3.63, 3.8) is 0 Å². The molecule has 0 unspecified atom stereocenters. The Morgan fingerprint density at radius 1 is 0.591 bits per heavy atom. The maximum absolute atomic E-state index is 2.51. The van der Waals surface area contributed by atoms with Gasteiger partial charge in [-0.2, -0.15) is 0 Å². The molecule has 0 amide bonds. The lowest BCUT2D eigenvalue weighted by Gasteiger charge is -2.58. The lowest BCUT2D eigenvalue weighted by molar-refractivity contribution is 0.571. The molecule has 1 rings (SSSR count). The highest BCUT2D eigenvalue weighted by atomic mass is 32.2. The molecule has 0 radical (unpaired) electrons. The van der Waals surface area contributed by atoms with Crippen LogP contribution in [0.5, 0.6) is 0 Å². The van der Waals surface area contributed by atoms with E-state index in [0.29, 0.717) is 0 Å². The standard InChI is InChI=1S/C14H34N4P2S2/c1-11-21-13-19(15(3)4,16(5)6)14(22-12-2)20(13,17(7)8)18(9)10/h11-12H2,1-10H3. The van der Waals surface area contributed by atoms with Crippen LogP contribution in [0.15, 0.2) is 0 Å². The summed E-state index contributed by atoms with van der Waals surface area (Å²) in [5, 5.41) is 0. The number of thioether (sulfide) groups is 2. The molecule has 0 atom stereocenters. The number of hydrogen-bond acceptors (Lipinski definition) is 6. The SMILES string of the molecule is CCSC1=P(N(C)C)(N(C)C)C(SCC)=P1(N(C)C)N(C)C. The Balaban J connectivity index is 3.82. The first-order valence-electron chi connectivity index (χ1n) is 7.67. The van der Waals surface area contributed by atoms with Crippen molar-refractivity contribution in [2.45, 2.75) is 13.8 Å². The average molecular weight is 385 g/mol. The molecule has 4 nitrogen and oxygen atoms in total. The van der Waals surface area contributed by atoms with Crippen LogP contribution in [0.3, 0.4) is 0 Å². The zero-order valence-corrected chi connectivity index (χ0v) is 19.3. The molecule has 0 bridgehead atoms. The fraction of sp³-hybridized carbons (Fsp3) is 0.857. The minimum atomic E-state index is -1.50. The topological polar surface area (TPSA) is 13.0 Å². The minimum absolute atomic E-state index is 1.15. The van der Waals surface area contributed by atoms with E-state index in [4.69, 9.17) is 0 Å². The van der Waals surface area contributed by atoms with Gasteiger partial charge in [-0.3, -0.25) is 18.7 Å². The quantitative estimate of drug-likeness (QED) is 0.589. The second-order valence-electron chi connectivity index (χ2n) is 6.02. The molecule has 0 saturated carbocycles. The van der Waals surface area contributed by atoms with Gasteiger partial charge in [0.1, 0.15) is 0 Å². The highest BCUT2D eigenvalue weighted by molar-refractivity contribution is 8.54. The average Bonchev–Trinajstić information content (AvgIpc) is 2.36. The van der Waals surface area contributed by atoms with Crippen LogP contribution >= 0.6 is 37.9 Å². The number of rotatable bonds is 8. The molecule has 22 heavy (non-hydrogen) atoms. The highest BCUT2D eigenvalue weighted by Crippen LogP contribution is 2.83. The number of nitrogens with zero attached hydrogens (tertiary/aromatic N) is 4. The van der Waals surface area contributed by atoms with Crippen molar-refractivity contribution in [2.24, 2.45) is 0 Å². The Morgan fingerprint density at radius 3 is 0.955 bits per heavy atom. The van der Waals surface area contributed by atoms with Crippen molar-refractivity contribution in [3.8, 4) is 0 Å².